The highest BCUT2D eigenvalue weighted by atomic mass is 16.3. The van der Waals surface area contributed by atoms with E-state index in [1.165, 1.54) is 0 Å². The van der Waals surface area contributed by atoms with E-state index in [1.54, 1.807) is 13.8 Å². The smallest absolute Gasteiger partial charge is 0.0773 e. The molecular weight excluding hydrogens is 248 g/mol. The number of aliphatic hydroxyl groups is 2. The lowest BCUT2D eigenvalue weighted by Gasteiger charge is -2.19. The van der Waals surface area contributed by atoms with Crippen molar-refractivity contribution in [1.82, 2.24) is 0 Å². The molecule has 0 aromatic heterocycles. The molecule has 0 aliphatic heterocycles. The number of fused-ring (bicyclic) bond motifs is 2. The largest absolute Gasteiger partial charge is 0.389 e. The Hall–Kier alpha value is -1.90. The zero-order chi connectivity index (χ0) is 14.3. The highest BCUT2D eigenvalue weighted by Gasteiger charge is 2.18. The summed E-state index contributed by atoms with van der Waals surface area (Å²) in [5.74, 6) is 0. The molecule has 3 aromatic rings. The van der Waals surface area contributed by atoms with Gasteiger partial charge in [0, 0.05) is 0 Å². The van der Waals surface area contributed by atoms with E-state index < -0.39 is 12.2 Å². The Morgan fingerprint density at radius 1 is 0.600 bits per heavy atom. The third-order valence-electron chi connectivity index (χ3n) is 3.85. The number of benzene rings is 3. The van der Waals surface area contributed by atoms with Crippen LogP contribution in [0.15, 0.2) is 48.5 Å². The maximum atomic E-state index is 10.2. The van der Waals surface area contributed by atoms with Gasteiger partial charge in [-0.2, -0.15) is 0 Å². The van der Waals surface area contributed by atoms with Crippen molar-refractivity contribution in [2.75, 3.05) is 0 Å². The molecule has 0 fully saturated rings. The van der Waals surface area contributed by atoms with Crippen LogP contribution in [0.1, 0.15) is 37.2 Å². The van der Waals surface area contributed by atoms with Crippen molar-refractivity contribution >= 4 is 21.5 Å². The van der Waals surface area contributed by atoms with Gasteiger partial charge in [0.1, 0.15) is 0 Å². The van der Waals surface area contributed by atoms with Crippen LogP contribution in [0.25, 0.3) is 21.5 Å². The molecule has 0 radical (unpaired) electrons. The number of aliphatic hydroxyl groups excluding tert-OH is 2. The molecule has 2 N–H and O–H groups in total. The molecular formula is C18H18O2. The van der Waals surface area contributed by atoms with Gasteiger partial charge in [-0.05, 0) is 46.5 Å². The topological polar surface area (TPSA) is 40.5 Å². The Kier molecular flexibility index (Phi) is 3.20. The minimum absolute atomic E-state index is 0.548. The van der Waals surface area contributed by atoms with E-state index in [1.807, 2.05) is 48.5 Å². The summed E-state index contributed by atoms with van der Waals surface area (Å²) < 4.78 is 0. The lowest BCUT2D eigenvalue weighted by molar-refractivity contribution is 0.200. The molecule has 0 spiro atoms. The summed E-state index contributed by atoms with van der Waals surface area (Å²) in [5.41, 5.74) is 1.86. The first-order chi connectivity index (χ1) is 9.61. The van der Waals surface area contributed by atoms with Crippen molar-refractivity contribution in [3.63, 3.8) is 0 Å². The van der Waals surface area contributed by atoms with Crippen molar-refractivity contribution in [3.8, 4) is 0 Å². The fourth-order valence-electron chi connectivity index (χ4n) is 3.10. The molecule has 2 unspecified atom stereocenters. The van der Waals surface area contributed by atoms with Crippen molar-refractivity contribution in [3.05, 3.63) is 59.7 Å². The molecule has 0 bridgehead atoms. The van der Waals surface area contributed by atoms with Crippen molar-refractivity contribution in [2.45, 2.75) is 26.1 Å². The third kappa shape index (κ3) is 1.89. The molecule has 0 heterocycles. The molecule has 0 amide bonds. The highest BCUT2D eigenvalue weighted by molar-refractivity contribution is 6.06. The maximum absolute atomic E-state index is 10.2. The van der Waals surface area contributed by atoms with Gasteiger partial charge in [-0.3, -0.25) is 0 Å². The Bertz CT molecular complexity index is 650. The van der Waals surface area contributed by atoms with Crippen LogP contribution in [-0.4, -0.2) is 10.2 Å². The number of hydrogen-bond acceptors (Lipinski definition) is 2. The molecule has 2 atom stereocenters. The van der Waals surface area contributed by atoms with E-state index in [-0.39, 0.29) is 0 Å². The van der Waals surface area contributed by atoms with Gasteiger partial charge < -0.3 is 10.2 Å². The van der Waals surface area contributed by atoms with Crippen LogP contribution in [0.2, 0.25) is 0 Å². The standard InChI is InChI=1S/C18H18O2/c1-11(19)17-13-7-3-5-9-15(13)18(12(2)20)16-10-6-4-8-14(16)17/h3-12,19-20H,1-2H3. The summed E-state index contributed by atoms with van der Waals surface area (Å²) >= 11 is 0. The van der Waals surface area contributed by atoms with Gasteiger partial charge >= 0.3 is 0 Å². The normalized spacial score (nSPS) is 14.6. The number of rotatable bonds is 2. The monoisotopic (exact) mass is 266 g/mol. The Morgan fingerprint density at radius 3 is 1.05 bits per heavy atom. The number of hydrogen-bond donors (Lipinski definition) is 2. The zero-order valence-electron chi connectivity index (χ0n) is 11.7. The van der Waals surface area contributed by atoms with Crippen molar-refractivity contribution in [2.24, 2.45) is 0 Å². The SMILES string of the molecule is CC(O)c1c2ccccc2c(C(C)O)c2ccccc12. The van der Waals surface area contributed by atoms with Gasteiger partial charge in [0.15, 0.2) is 0 Å². The van der Waals surface area contributed by atoms with Crippen LogP contribution < -0.4 is 0 Å². The van der Waals surface area contributed by atoms with Crippen LogP contribution >= 0.6 is 0 Å². The molecule has 2 heteroatoms. The first kappa shape index (κ1) is 13.1. The van der Waals surface area contributed by atoms with Crippen molar-refractivity contribution < 1.29 is 10.2 Å². The molecule has 20 heavy (non-hydrogen) atoms. The predicted molar refractivity (Wildman–Crippen MR) is 82.7 cm³/mol. The summed E-state index contributed by atoms with van der Waals surface area (Å²) in [7, 11) is 0. The van der Waals surface area contributed by atoms with Crippen LogP contribution in [0.3, 0.4) is 0 Å². The second-order valence-electron chi connectivity index (χ2n) is 5.27. The van der Waals surface area contributed by atoms with Gasteiger partial charge in [-0.15, -0.1) is 0 Å². The Morgan fingerprint density at radius 2 is 0.850 bits per heavy atom. The molecule has 0 saturated carbocycles. The second-order valence-corrected chi connectivity index (χ2v) is 5.27. The van der Waals surface area contributed by atoms with Gasteiger partial charge in [0.2, 0.25) is 0 Å². The molecule has 3 rings (SSSR count). The van der Waals surface area contributed by atoms with E-state index in [9.17, 15) is 10.2 Å². The zero-order valence-corrected chi connectivity index (χ0v) is 11.7. The molecule has 0 aliphatic rings. The summed E-state index contributed by atoms with van der Waals surface area (Å²) in [6.45, 7) is 3.58. The summed E-state index contributed by atoms with van der Waals surface area (Å²) in [6.07, 6.45) is -1.10. The minimum atomic E-state index is -0.548. The summed E-state index contributed by atoms with van der Waals surface area (Å²) in [5, 5.41) is 24.4. The maximum Gasteiger partial charge on any atom is 0.0773 e. The molecule has 102 valence electrons. The minimum Gasteiger partial charge on any atom is -0.389 e. The fraction of sp³-hybridized carbons (Fsp3) is 0.222. The quantitative estimate of drug-likeness (QED) is 0.686. The van der Waals surface area contributed by atoms with Crippen molar-refractivity contribution in [1.29, 1.82) is 0 Å². The average Bonchev–Trinajstić information content (AvgIpc) is 2.43. The van der Waals surface area contributed by atoms with E-state index in [4.69, 9.17) is 0 Å². The summed E-state index contributed by atoms with van der Waals surface area (Å²) in [6, 6.07) is 15.9. The summed E-state index contributed by atoms with van der Waals surface area (Å²) in [4.78, 5) is 0. The first-order valence-electron chi connectivity index (χ1n) is 6.90. The first-order valence-corrected chi connectivity index (χ1v) is 6.90. The van der Waals surface area contributed by atoms with Gasteiger partial charge in [-0.1, -0.05) is 48.5 Å². The third-order valence-corrected chi connectivity index (χ3v) is 3.85. The van der Waals surface area contributed by atoms with Crippen LogP contribution in [0.4, 0.5) is 0 Å². The molecule has 0 aliphatic carbocycles. The van der Waals surface area contributed by atoms with Crippen LogP contribution in [0, 0.1) is 0 Å². The van der Waals surface area contributed by atoms with E-state index >= 15 is 0 Å². The van der Waals surface area contributed by atoms with Crippen LogP contribution in [0.5, 0.6) is 0 Å². The van der Waals surface area contributed by atoms with Gasteiger partial charge in [0.25, 0.3) is 0 Å². The van der Waals surface area contributed by atoms with E-state index in [0.717, 1.165) is 32.7 Å². The Balaban J connectivity index is 2.62. The second kappa shape index (κ2) is 4.89. The Labute approximate surface area is 118 Å². The highest BCUT2D eigenvalue weighted by Crippen LogP contribution is 2.38. The van der Waals surface area contributed by atoms with E-state index in [2.05, 4.69) is 0 Å². The molecule has 0 saturated heterocycles. The fourth-order valence-corrected chi connectivity index (χ4v) is 3.10. The molecule has 2 nitrogen and oxygen atoms in total. The lowest BCUT2D eigenvalue weighted by Crippen LogP contribution is -2.01. The van der Waals surface area contributed by atoms with E-state index in [0.29, 0.717) is 0 Å². The van der Waals surface area contributed by atoms with Gasteiger partial charge in [-0.25, -0.2) is 0 Å². The molecule has 3 aromatic carbocycles. The lowest BCUT2D eigenvalue weighted by atomic mass is 9.88. The predicted octanol–water partition coefficient (Wildman–Crippen LogP) is 4.10. The van der Waals surface area contributed by atoms with Gasteiger partial charge in [0.05, 0.1) is 12.2 Å². The van der Waals surface area contributed by atoms with Crippen LogP contribution in [-0.2, 0) is 0 Å². The average molecular weight is 266 g/mol.